The van der Waals surface area contributed by atoms with E-state index in [1.807, 2.05) is 0 Å². The van der Waals surface area contributed by atoms with Crippen LogP contribution in [0.3, 0.4) is 0 Å². The summed E-state index contributed by atoms with van der Waals surface area (Å²) >= 11 is 0. The van der Waals surface area contributed by atoms with Crippen LogP contribution >= 0.6 is 0 Å². The van der Waals surface area contributed by atoms with Crippen LogP contribution in [0.2, 0.25) is 6.55 Å². The van der Waals surface area contributed by atoms with E-state index in [2.05, 4.69) is 193 Å². The molecule has 0 saturated heterocycles. The fourth-order valence-electron chi connectivity index (χ4n) is 9.29. The Morgan fingerprint density at radius 2 is 0.941 bits per heavy atom. The standard InChI is InChI=1S/C47H47BN2Si/c1-30-26-38-43-39(27-30)50(35-24-20-33(21-25-35)47(6,7)8)40-28-31(2)29-42-45(40)48(43)44-37(49(38)34-22-18-32(19-23-34)46(3,4)5)16-13-17-41(44)51(42,9)36-14-11-10-12-15-36/h10-29H,1-9H3. The number of rotatable bonds is 3. The van der Waals surface area contributed by atoms with E-state index in [1.54, 1.807) is 5.19 Å². The lowest BCUT2D eigenvalue weighted by Gasteiger charge is -2.51. The van der Waals surface area contributed by atoms with Gasteiger partial charge in [-0.3, -0.25) is 0 Å². The highest BCUT2D eigenvalue weighted by atomic mass is 28.3. The molecule has 1 atom stereocenters. The van der Waals surface area contributed by atoms with Crippen molar-refractivity contribution in [3.8, 4) is 0 Å². The summed E-state index contributed by atoms with van der Waals surface area (Å²) in [5.41, 5.74) is 17.6. The fraction of sp³-hybridized carbons (Fsp3) is 0.234. The second kappa shape index (κ2) is 10.9. The molecule has 6 aromatic rings. The molecule has 0 aromatic heterocycles. The van der Waals surface area contributed by atoms with E-state index in [1.165, 1.54) is 83.1 Å². The smallest absolute Gasteiger partial charge is 0.251 e. The summed E-state index contributed by atoms with van der Waals surface area (Å²) in [5, 5.41) is 4.55. The minimum atomic E-state index is -2.46. The maximum Gasteiger partial charge on any atom is 0.251 e. The van der Waals surface area contributed by atoms with Gasteiger partial charge in [0.25, 0.3) is 6.71 Å². The third-order valence-corrected chi connectivity index (χ3v) is 16.4. The van der Waals surface area contributed by atoms with Gasteiger partial charge in [0.1, 0.15) is 8.07 Å². The minimum absolute atomic E-state index is 0.0861. The third kappa shape index (κ3) is 4.62. The Morgan fingerprint density at radius 1 is 0.471 bits per heavy atom. The normalized spacial score (nSPS) is 17.1. The number of nitrogens with zero attached hydrogens (tertiary/aromatic N) is 2. The van der Waals surface area contributed by atoms with Gasteiger partial charge < -0.3 is 9.80 Å². The summed E-state index contributed by atoms with van der Waals surface area (Å²) in [6, 6.07) is 47.2. The fourth-order valence-corrected chi connectivity index (χ4v) is 13.6. The maximum atomic E-state index is 2.61. The van der Waals surface area contributed by atoms with Crippen LogP contribution in [0.15, 0.2) is 121 Å². The minimum Gasteiger partial charge on any atom is -0.311 e. The van der Waals surface area contributed by atoms with Crippen molar-refractivity contribution in [1.29, 1.82) is 0 Å². The molecule has 252 valence electrons. The van der Waals surface area contributed by atoms with Crippen LogP contribution < -0.4 is 41.7 Å². The lowest BCUT2D eigenvalue weighted by molar-refractivity contribution is 0.590. The Hall–Kier alpha value is -4.80. The van der Waals surface area contributed by atoms with Crippen LogP contribution in [0.4, 0.5) is 34.1 Å². The van der Waals surface area contributed by atoms with Gasteiger partial charge in [-0.25, -0.2) is 0 Å². The molecule has 0 spiro atoms. The Kier molecular flexibility index (Phi) is 6.84. The summed E-state index contributed by atoms with van der Waals surface area (Å²) in [6.45, 7) is 21.1. The van der Waals surface area contributed by atoms with Gasteiger partial charge in [-0.1, -0.05) is 131 Å². The Labute approximate surface area is 305 Å². The van der Waals surface area contributed by atoms with E-state index in [4.69, 9.17) is 0 Å². The van der Waals surface area contributed by atoms with Crippen LogP contribution in [-0.2, 0) is 10.8 Å². The molecule has 6 aromatic carbocycles. The average molecular weight is 679 g/mol. The number of hydrogen-bond acceptors (Lipinski definition) is 2. The van der Waals surface area contributed by atoms with Crippen molar-refractivity contribution in [2.24, 2.45) is 0 Å². The monoisotopic (exact) mass is 678 g/mol. The molecule has 3 aliphatic heterocycles. The van der Waals surface area contributed by atoms with Crippen molar-refractivity contribution in [3.05, 3.63) is 144 Å². The van der Waals surface area contributed by atoms with Crippen molar-refractivity contribution in [2.75, 3.05) is 9.80 Å². The molecule has 0 bridgehead atoms. The highest BCUT2D eigenvalue weighted by Gasteiger charge is 2.53. The molecule has 0 amide bonds. The predicted octanol–water partition coefficient (Wildman–Crippen LogP) is 8.39. The molecule has 3 aliphatic rings. The topological polar surface area (TPSA) is 6.48 Å². The largest absolute Gasteiger partial charge is 0.311 e. The Balaban J connectivity index is 1.41. The van der Waals surface area contributed by atoms with Gasteiger partial charge in [0.2, 0.25) is 0 Å². The first-order chi connectivity index (χ1) is 24.3. The lowest BCUT2D eigenvalue weighted by atomic mass is 9.33. The summed E-state index contributed by atoms with van der Waals surface area (Å²) in [4.78, 5) is 5.18. The molecule has 0 N–H and O–H groups in total. The molecule has 1 unspecified atom stereocenters. The highest BCUT2D eigenvalue weighted by Crippen LogP contribution is 2.45. The summed E-state index contributed by atoms with van der Waals surface area (Å²) in [6.07, 6.45) is 0. The maximum absolute atomic E-state index is 2.61. The number of hydrogen-bond donors (Lipinski definition) is 0. The van der Waals surface area contributed by atoms with Gasteiger partial charge in [0, 0.05) is 34.1 Å². The van der Waals surface area contributed by atoms with Crippen molar-refractivity contribution in [1.82, 2.24) is 0 Å². The summed E-state index contributed by atoms with van der Waals surface area (Å²) < 4.78 is 0. The zero-order chi connectivity index (χ0) is 35.6. The van der Waals surface area contributed by atoms with Crippen molar-refractivity contribution in [2.45, 2.75) is 72.8 Å². The molecule has 4 heteroatoms. The van der Waals surface area contributed by atoms with E-state index >= 15 is 0 Å². The van der Waals surface area contributed by atoms with Gasteiger partial charge in [0.05, 0.1) is 0 Å². The molecular weight excluding hydrogens is 631 g/mol. The molecule has 9 rings (SSSR count). The van der Waals surface area contributed by atoms with E-state index < -0.39 is 8.07 Å². The molecule has 0 radical (unpaired) electrons. The van der Waals surface area contributed by atoms with Gasteiger partial charge in [-0.05, 0) is 117 Å². The van der Waals surface area contributed by atoms with E-state index in [-0.39, 0.29) is 17.5 Å². The molecule has 0 aliphatic carbocycles. The average Bonchev–Trinajstić information content (AvgIpc) is 3.10. The zero-order valence-corrected chi connectivity index (χ0v) is 32.5. The van der Waals surface area contributed by atoms with E-state index in [0.29, 0.717) is 0 Å². The summed E-state index contributed by atoms with van der Waals surface area (Å²) in [7, 11) is -2.46. The van der Waals surface area contributed by atoms with Gasteiger partial charge >= 0.3 is 0 Å². The van der Waals surface area contributed by atoms with Gasteiger partial charge in [0.15, 0.2) is 0 Å². The molecule has 0 saturated carbocycles. The van der Waals surface area contributed by atoms with Crippen molar-refractivity contribution in [3.63, 3.8) is 0 Å². The van der Waals surface area contributed by atoms with E-state index in [0.717, 1.165) is 0 Å². The Morgan fingerprint density at radius 3 is 1.47 bits per heavy atom. The number of aryl methyl sites for hydroxylation is 2. The molecular formula is C47H47BN2Si. The van der Waals surface area contributed by atoms with Crippen LogP contribution in [0.25, 0.3) is 0 Å². The van der Waals surface area contributed by atoms with Gasteiger partial charge in [-0.2, -0.15) is 0 Å². The third-order valence-electron chi connectivity index (χ3n) is 11.9. The van der Waals surface area contributed by atoms with Gasteiger partial charge in [-0.15, -0.1) is 0 Å². The first kappa shape index (κ1) is 32.1. The highest BCUT2D eigenvalue weighted by molar-refractivity contribution is 7.21. The second-order valence-electron chi connectivity index (χ2n) is 17.4. The second-order valence-corrected chi connectivity index (χ2v) is 21.3. The summed E-state index contributed by atoms with van der Waals surface area (Å²) in [5.74, 6) is 0. The Bertz CT molecular complexity index is 2370. The van der Waals surface area contributed by atoms with Crippen LogP contribution in [0.5, 0.6) is 0 Å². The van der Waals surface area contributed by atoms with E-state index in [9.17, 15) is 0 Å². The molecule has 0 fully saturated rings. The zero-order valence-electron chi connectivity index (χ0n) is 31.5. The molecule has 2 nitrogen and oxygen atoms in total. The SMILES string of the molecule is Cc1cc2c3c(c1)N(c1ccc(C(C)(C)C)cc1)c1cc(C)cc4c1B3c1c(cccc1[Si]4(C)c1ccccc1)N2c1ccc(C(C)(C)C)cc1. The van der Waals surface area contributed by atoms with Crippen LogP contribution in [-0.4, -0.2) is 14.8 Å². The lowest BCUT2D eigenvalue weighted by Crippen LogP contribution is -2.83. The number of benzene rings is 6. The van der Waals surface area contributed by atoms with Crippen LogP contribution in [0, 0.1) is 13.8 Å². The molecule has 51 heavy (non-hydrogen) atoms. The number of anilines is 6. The molecule has 3 heterocycles. The van der Waals surface area contributed by atoms with Crippen LogP contribution in [0.1, 0.15) is 63.8 Å². The predicted molar refractivity (Wildman–Crippen MR) is 224 cm³/mol. The first-order valence-corrected chi connectivity index (χ1v) is 21.1. The first-order valence-electron chi connectivity index (χ1n) is 18.6. The van der Waals surface area contributed by atoms with Crippen molar-refractivity contribution < 1.29 is 0 Å². The quantitative estimate of drug-likeness (QED) is 0.173. The van der Waals surface area contributed by atoms with Crippen molar-refractivity contribution >= 4 is 80.9 Å².